The van der Waals surface area contributed by atoms with Gasteiger partial charge >= 0.3 is 0 Å². The zero-order valence-corrected chi connectivity index (χ0v) is 17.7. The van der Waals surface area contributed by atoms with Gasteiger partial charge in [0.2, 0.25) is 15.9 Å². The van der Waals surface area contributed by atoms with Crippen LogP contribution in [-0.2, 0) is 21.4 Å². The highest BCUT2D eigenvalue weighted by atomic mass is 32.2. The Morgan fingerprint density at radius 2 is 1.93 bits per heavy atom. The number of rotatable bonds is 5. The number of para-hydroxylation sites is 1. The molecule has 1 aliphatic rings. The third-order valence-electron chi connectivity index (χ3n) is 5.08. The Balaban J connectivity index is 2.15. The predicted molar refractivity (Wildman–Crippen MR) is 107 cm³/mol. The number of hydrogen-bond donors (Lipinski definition) is 2. The molecule has 3 rings (SSSR count). The molecular formula is C19H25N5O4S. The molecule has 0 aliphatic carbocycles. The number of carbonyl (C=O) groups excluding carboxylic acids is 2. The minimum absolute atomic E-state index is 0.0564. The largest absolute Gasteiger partial charge is 0.358 e. The molecule has 0 radical (unpaired) electrons. The summed E-state index contributed by atoms with van der Waals surface area (Å²) in [6, 6.07) is 6.47. The summed E-state index contributed by atoms with van der Waals surface area (Å²) in [5, 5.41) is 5.37. The standard InChI is InChI=1S/C19H25N5O4S/c1-5-19(2,3)22-18(26)17-14-10-23(11-16(25)20-4)29(27,28)15-9-7-6-8-13(15)24(14)12-21-17/h6-9,12H,5,10-11H2,1-4H3,(H,20,25)(H,22,26). The van der Waals surface area contributed by atoms with Gasteiger partial charge in [-0.05, 0) is 32.4 Å². The minimum Gasteiger partial charge on any atom is -0.358 e. The van der Waals surface area contributed by atoms with E-state index in [4.69, 9.17) is 0 Å². The molecular weight excluding hydrogens is 394 g/mol. The van der Waals surface area contributed by atoms with Crippen LogP contribution in [0.15, 0.2) is 35.5 Å². The molecule has 2 heterocycles. The fourth-order valence-corrected chi connectivity index (χ4v) is 4.56. The predicted octanol–water partition coefficient (Wildman–Crippen LogP) is 1.04. The van der Waals surface area contributed by atoms with Gasteiger partial charge in [0.25, 0.3) is 5.91 Å². The number of carbonyl (C=O) groups is 2. The Morgan fingerprint density at radius 1 is 1.24 bits per heavy atom. The number of likely N-dealkylation sites (N-methyl/N-ethyl adjacent to an activating group) is 1. The Labute approximate surface area is 170 Å². The SMILES string of the molecule is CCC(C)(C)NC(=O)c1ncn2c1CN(CC(=O)NC)S(=O)(=O)c1ccccc1-2. The molecule has 9 nitrogen and oxygen atoms in total. The van der Waals surface area contributed by atoms with Crippen LogP contribution in [0, 0.1) is 0 Å². The molecule has 0 bridgehead atoms. The molecule has 0 fully saturated rings. The second-order valence-corrected chi connectivity index (χ2v) is 9.42. The fourth-order valence-electron chi connectivity index (χ4n) is 3.02. The summed E-state index contributed by atoms with van der Waals surface area (Å²) in [6.07, 6.45) is 2.16. The first kappa shape index (κ1) is 21.0. The van der Waals surface area contributed by atoms with Crippen molar-refractivity contribution in [1.82, 2.24) is 24.5 Å². The summed E-state index contributed by atoms with van der Waals surface area (Å²) >= 11 is 0. The molecule has 2 N–H and O–H groups in total. The molecule has 1 aliphatic heterocycles. The lowest BCUT2D eigenvalue weighted by molar-refractivity contribution is -0.120. The van der Waals surface area contributed by atoms with E-state index in [0.29, 0.717) is 11.4 Å². The molecule has 0 atom stereocenters. The van der Waals surface area contributed by atoms with E-state index in [0.717, 1.165) is 10.7 Å². The maximum atomic E-state index is 13.2. The van der Waals surface area contributed by atoms with Crippen molar-refractivity contribution in [3.8, 4) is 5.69 Å². The first-order valence-corrected chi connectivity index (χ1v) is 10.7. The van der Waals surface area contributed by atoms with E-state index in [2.05, 4.69) is 15.6 Å². The molecule has 2 aromatic rings. The van der Waals surface area contributed by atoms with Crippen LogP contribution in [0.5, 0.6) is 0 Å². The second-order valence-electron chi connectivity index (χ2n) is 7.52. The molecule has 0 saturated heterocycles. The number of benzene rings is 1. The van der Waals surface area contributed by atoms with E-state index in [1.54, 1.807) is 22.8 Å². The average molecular weight is 420 g/mol. The van der Waals surface area contributed by atoms with Crippen LogP contribution in [-0.4, -0.2) is 53.2 Å². The van der Waals surface area contributed by atoms with Gasteiger partial charge in [0, 0.05) is 12.6 Å². The second kappa shape index (κ2) is 7.60. The van der Waals surface area contributed by atoms with Gasteiger partial charge in [-0.2, -0.15) is 4.31 Å². The maximum absolute atomic E-state index is 13.2. The van der Waals surface area contributed by atoms with Crippen LogP contribution in [0.3, 0.4) is 0 Å². The van der Waals surface area contributed by atoms with E-state index in [-0.39, 0.29) is 29.6 Å². The lowest BCUT2D eigenvalue weighted by Gasteiger charge is -2.24. The monoisotopic (exact) mass is 419 g/mol. The first-order valence-electron chi connectivity index (χ1n) is 9.29. The number of nitrogens with one attached hydrogen (secondary N) is 2. The van der Waals surface area contributed by atoms with Crippen LogP contribution >= 0.6 is 0 Å². The van der Waals surface area contributed by atoms with Crippen molar-refractivity contribution >= 4 is 21.8 Å². The van der Waals surface area contributed by atoms with Gasteiger partial charge < -0.3 is 10.6 Å². The minimum atomic E-state index is -3.95. The van der Waals surface area contributed by atoms with Gasteiger partial charge in [0.15, 0.2) is 5.69 Å². The highest BCUT2D eigenvalue weighted by Gasteiger charge is 2.36. The van der Waals surface area contributed by atoms with Crippen LogP contribution in [0.1, 0.15) is 43.4 Å². The van der Waals surface area contributed by atoms with E-state index >= 15 is 0 Å². The Hall–Kier alpha value is -2.72. The van der Waals surface area contributed by atoms with Gasteiger partial charge in [-0.15, -0.1) is 0 Å². The summed E-state index contributed by atoms with van der Waals surface area (Å²) in [5.74, 6) is -0.834. The molecule has 1 aromatic carbocycles. The van der Waals surface area contributed by atoms with Crippen LogP contribution in [0.2, 0.25) is 0 Å². The molecule has 1 aromatic heterocycles. The van der Waals surface area contributed by atoms with E-state index in [9.17, 15) is 18.0 Å². The van der Waals surface area contributed by atoms with Crippen molar-refractivity contribution in [2.75, 3.05) is 13.6 Å². The molecule has 10 heteroatoms. The normalized spacial score (nSPS) is 15.7. The zero-order valence-electron chi connectivity index (χ0n) is 16.9. The van der Waals surface area contributed by atoms with E-state index in [1.807, 2.05) is 20.8 Å². The highest BCUT2D eigenvalue weighted by molar-refractivity contribution is 7.89. The molecule has 29 heavy (non-hydrogen) atoms. The van der Waals surface area contributed by atoms with Gasteiger partial charge in [-0.3, -0.25) is 14.2 Å². The zero-order chi connectivity index (χ0) is 21.4. The van der Waals surface area contributed by atoms with Crippen molar-refractivity contribution < 1.29 is 18.0 Å². The van der Waals surface area contributed by atoms with E-state index < -0.39 is 21.5 Å². The number of nitrogens with zero attached hydrogens (tertiary/aromatic N) is 3. The van der Waals surface area contributed by atoms with Crippen molar-refractivity contribution in [3.05, 3.63) is 42.0 Å². The smallest absolute Gasteiger partial charge is 0.272 e. The topological polar surface area (TPSA) is 113 Å². The average Bonchev–Trinajstić information content (AvgIpc) is 3.07. The lowest BCUT2D eigenvalue weighted by Crippen LogP contribution is -2.43. The summed E-state index contributed by atoms with van der Waals surface area (Å²) in [4.78, 5) is 29.2. The summed E-state index contributed by atoms with van der Waals surface area (Å²) in [6.45, 7) is 5.25. The Bertz CT molecular complexity index is 1060. The third kappa shape index (κ3) is 3.90. The molecule has 0 spiro atoms. The third-order valence-corrected chi connectivity index (χ3v) is 6.92. The molecule has 0 saturated carbocycles. The number of amides is 2. The molecule has 2 amide bonds. The number of imidazole rings is 1. The van der Waals surface area contributed by atoms with Crippen molar-refractivity contribution in [1.29, 1.82) is 0 Å². The van der Waals surface area contributed by atoms with Gasteiger partial charge in [0.05, 0.1) is 24.5 Å². The van der Waals surface area contributed by atoms with Gasteiger partial charge in [-0.1, -0.05) is 19.1 Å². The summed E-state index contributed by atoms with van der Waals surface area (Å²) in [7, 11) is -2.51. The summed E-state index contributed by atoms with van der Waals surface area (Å²) in [5.41, 5.74) is 0.500. The van der Waals surface area contributed by atoms with Crippen LogP contribution < -0.4 is 10.6 Å². The van der Waals surface area contributed by atoms with Crippen molar-refractivity contribution in [2.45, 2.75) is 44.2 Å². The van der Waals surface area contributed by atoms with Gasteiger partial charge in [0.1, 0.15) is 11.2 Å². The quantitative estimate of drug-likeness (QED) is 0.752. The number of sulfonamides is 1. The van der Waals surface area contributed by atoms with Crippen molar-refractivity contribution in [2.24, 2.45) is 0 Å². The number of aromatic nitrogens is 2. The Kier molecular flexibility index (Phi) is 5.50. The molecule has 156 valence electrons. The lowest BCUT2D eigenvalue weighted by atomic mass is 10.0. The number of fused-ring (bicyclic) bond motifs is 3. The van der Waals surface area contributed by atoms with Crippen LogP contribution in [0.4, 0.5) is 0 Å². The Morgan fingerprint density at radius 3 is 2.59 bits per heavy atom. The van der Waals surface area contributed by atoms with Crippen molar-refractivity contribution in [3.63, 3.8) is 0 Å². The van der Waals surface area contributed by atoms with E-state index in [1.165, 1.54) is 19.4 Å². The van der Waals surface area contributed by atoms with Gasteiger partial charge in [-0.25, -0.2) is 13.4 Å². The summed E-state index contributed by atoms with van der Waals surface area (Å²) < 4.78 is 29.1. The van der Waals surface area contributed by atoms with Crippen LogP contribution in [0.25, 0.3) is 5.69 Å². The molecule has 0 unspecified atom stereocenters. The maximum Gasteiger partial charge on any atom is 0.272 e. The number of hydrogen-bond acceptors (Lipinski definition) is 5. The fraction of sp³-hybridized carbons (Fsp3) is 0.421. The highest BCUT2D eigenvalue weighted by Crippen LogP contribution is 2.31. The first-order chi connectivity index (χ1) is 13.6.